The molecule has 17 heteroatoms. The third-order valence-corrected chi connectivity index (χ3v) is 16.6. The first-order valence-electron chi connectivity index (χ1n) is 24.3. The maximum Gasteiger partial charge on any atom is 0.260 e. The van der Waals surface area contributed by atoms with Crippen molar-refractivity contribution in [3.63, 3.8) is 0 Å². The Morgan fingerprint density at radius 3 is 1.48 bits per heavy atom. The molecule has 4 aromatic carbocycles. The molecule has 71 heavy (non-hydrogen) atoms. The lowest BCUT2D eigenvalue weighted by Gasteiger charge is -2.27. The zero-order valence-corrected chi connectivity index (χ0v) is 44.5. The zero-order chi connectivity index (χ0) is 50.8. The van der Waals surface area contributed by atoms with E-state index in [-0.39, 0.29) is 55.9 Å². The quantitative estimate of drug-likeness (QED) is 0.0510. The number of nitrogen functional groups attached to an aromatic ring is 1. The van der Waals surface area contributed by atoms with Crippen LogP contribution in [-0.4, -0.2) is 116 Å². The second-order valence-corrected chi connectivity index (χ2v) is 32.2. The van der Waals surface area contributed by atoms with E-state index >= 15 is 0 Å². The Kier molecular flexibility index (Phi) is 15.2. The van der Waals surface area contributed by atoms with Gasteiger partial charge in [-0.1, -0.05) is 81.2 Å². The van der Waals surface area contributed by atoms with Gasteiger partial charge in [-0.05, 0) is 65.6 Å². The highest BCUT2D eigenvalue weighted by Gasteiger charge is 2.45. The van der Waals surface area contributed by atoms with Crippen molar-refractivity contribution in [1.82, 2.24) is 9.80 Å². The molecule has 0 saturated heterocycles. The number of benzene rings is 4. The van der Waals surface area contributed by atoms with E-state index in [1.165, 1.54) is 28.9 Å². The molecule has 0 saturated carbocycles. The monoisotopic (exact) mass is 1000 g/mol. The minimum atomic E-state index is -1.44. The van der Waals surface area contributed by atoms with Crippen molar-refractivity contribution in [2.24, 2.45) is 0 Å². The number of fused-ring (bicyclic) bond motifs is 4. The summed E-state index contributed by atoms with van der Waals surface area (Å²) in [5.41, 5.74) is 12.7. The molecule has 0 bridgehead atoms. The normalized spacial score (nSPS) is 17.8. The van der Waals surface area contributed by atoms with Gasteiger partial charge >= 0.3 is 0 Å². The maximum atomic E-state index is 14.6. The van der Waals surface area contributed by atoms with Crippen LogP contribution in [0.1, 0.15) is 56.7 Å². The number of aryl methyl sites for hydroxylation is 1. The summed E-state index contributed by atoms with van der Waals surface area (Å²) >= 11 is 0. The van der Waals surface area contributed by atoms with Crippen LogP contribution in [-0.2, 0) is 19.1 Å². The van der Waals surface area contributed by atoms with Crippen LogP contribution in [0, 0.1) is 6.92 Å². The molecule has 15 nitrogen and oxygen atoms in total. The van der Waals surface area contributed by atoms with Gasteiger partial charge in [0.1, 0.15) is 25.5 Å². The SMILES string of the molecule is COc1cc2c(cc1OCCCOc1cc3c(cc1OC)C(=O)N1C=C(c4cccc(N)c4)C[C@H]1C(=O)N3COCC[Si](C)(C)C)N(COCC[Si](C)(C)C)C(=O)[C@@H]1CC(c3ccc(C)cc3)=CN1C2=O. The predicted octanol–water partition coefficient (Wildman–Crippen LogP) is 9.27. The fraction of sp³-hybridized carbons (Fsp3) is 0.407. The summed E-state index contributed by atoms with van der Waals surface area (Å²) in [7, 11) is 0.132. The average molecular weight is 1000 g/mol. The van der Waals surface area contributed by atoms with Crippen LogP contribution in [0.2, 0.25) is 51.4 Å². The topological polar surface area (TPSA) is 163 Å². The standard InChI is InChI=1S/C54H67N5O10Si2/c1-35-14-16-36(17-15-35)38-25-45-53(62)58(33-66-20-22-70(4,5)6)43-29-49(47(64-2)27-41(43)51(60)56(45)31-38)68-18-11-19-69-50-30-44-42(28-48(50)65-3)52(61)57-32-39(37-12-10-13-40(55)24-37)26-46(57)54(63)59(44)34-67-21-23-71(7,8)9/h10,12-17,24,27-32,45-46H,11,18-23,25-26,33-34,55H2,1-9H3/t45-,46-/m0/s1. The van der Waals surface area contributed by atoms with E-state index in [2.05, 4.69) is 39.3 Å². The average Bonchev–Trinajstić information content (AvgIpc) is 3.96. The van der Waals surface area contributed by atoms with Gasteiger partial charge in [0.05, 0.1) is 49.9 Å². The fourth-order valence-corrected chi connectivity index (χ4v) is 10.5. The summed E-state index contributed by atoms with van der Waals surface area (Å²) in [5, 5.41) is 0. The highest BCUT2D eigenvalue weighted by Crippen LogP contribution is 2.44. The molecular formula is C54H67N5O10Si2. The molecule has 8 rings (SSSR count). The Labute approximate surface area is 419 Å². The first kappa shape index (κ1) is 51.0. The van der Waals surface area contributed by atoms with Gasteiger partial charge in [-0.25, -0.2) is 0 Å². The van der Waals surface area contributed by atoms with Gasteiger partial charge in [0.15, 0.2) is 23.0 Å². The minimum Gasteiger partial charge on any atom is -0.493 e. The van der Waals surface area contributed by atoms with Crippen LogP contribution < -0.4 is 34.5 Å². The number of hydrogen-bond donors (Lipinski definition) is 1. The molecule has 4 aromatic rings. The number of nitrogens with zero attached hydrogens (tertiary/aromatic N) is 4. The second kappa shape index (κ2) is 21.1. The number of methoxy groups -OCH3 is 2. The van der Waals surface area contributed by atoms with E-state index < -0.39 is 28.2 Å². The van der Waals surface area contributed by atoms with Gasteiger partial charge < -0.3 is 44.0 Å². The predicted molar refractivity (Wildman–Crippen MR) is 282 cm³/mol. The Bertz CT molecular complexity index is 2750. The molecule has 376 valence electrons. The van der Waals surface area contributed by atoms with Gasteiger partial charge in [0, 0.05) is 78.8 Å². The summed E-state index contributed by atoms with van der Waals surface area (Å²) in [5.74, 6) is 0.131. The van der Waals surface area contributed by atoms with E-state index in [0.29, 0.717) is 78.1 Å². The number of nitrogens with two attached hydrogens (primary N) is 1. The Hall–Kier alpha value is -6.41. The summed E-state index contributed by atoms with van der Waals surface area (Å²) in [6.07, 6.45) is 4.60. The second-order valence-electron chi connectivity index (χ2n) is 21.0. The van der Waals surface area contributed by atoms with E-state index in [9.17, 15) is 19.2 Å². The van der Waals surface area contributed by atoms with Crippen LogP contribution in [0.5, 0.6) is 23.0 Å². The number of carbonyl (C=O) groups excluding carboxylic acids is 4. The molecule has 4 amide bonds. The highest BCUT2D eigenvalue weighted by atomic mass is 28.3. The number of hydrogen-bond acceptors (Lipinski definition) is 11. The fourth-order valence-electron chi connectivity index (χ4n) is 9.00. The van der Waals surface area contributed by atoms with Gasteiger partial charge in [-0.3, -0.25) is 29.0 Å². The van der Waals surface area contributed by atoms with Crippen molar-refractivity contribution in [3.05, 3.63) is 113 Å². The Morgan fingerprint density at radius 1 is 0.577 bits per heavy atom. The van der Waals surface area contributed by atoms with Crippen LogP contribution >= 0.6 is 0 Å². The smallest absolute Gasteiger partial charge is 0.260 e. The number of rotatable bonds is 20. The first-order chi connectivity index (χ1) is 33.8. The van der Waals surface area contributed by atoms with Crippen LogP contribution in [0.25, 0.3) is 11.1 Å². The molecule has 0 unspecified atom stereocenters. The van der Waals surface area contributed by atoms with Crippen molar-refractivity contribution in [2.75, 3.05) is 69.6 Å². The largest absolute Gasteiger partial charge is 0.493 e. The third-order valence-electron chi connectivity index (χ3n) is 13.2. The number of amides is 4. The molecule has 2 atom stereocenters. The van der Waals surface area contributed by atoms with E-state index in [1.807, 2.05) is 49.4 Å². The summed E-state index contributed by atoms with van der Waals surface area (Å²) in [6, 6.07) is 22.4. The van der Waals surface area contributed by atoms with E-state index in [1.54, 1.807) is 47.6 Å². The summed E-state index contributed by atoms with van der Waals surface area (Å²) in [6.45, 7) is 16.8. The molecule has 0 fully saturated rings. The van der Waals surface area contributed by atoms with Gasteiger partial charge in [-0.2, -0.15) is 0 Å². The molecule has 4 heterocycles. The van der Waals surface area contributed by atoms with Gasteiger partial charge in [-0.15, -0.1) is 0 Å². The third kappa shape index (κ3) is 11.4. The van der Waals surface area contributed by atoms with Gasteiger partial charge in [0.25, 0.3) is 23.6 Å². The first-order valence-corrected chi connectivity index (χ1v) is 31.7. The van der Waals surface area contributed by atoms with E-state index in [0.717, 1.165) is 39.9 Å². The van der Waals surface area contributed by atoms with Crippen molar-refractivity contribution in [1.29, 1.82) is 0 Å². The molecule has 0 aliphatic carbocycles. The number of ether oxygens (including phenoxy) is 6. The minimum absolute atomic E-state index is 0.0328. The lowest BCUT2D eigenvalue weighted by Crippen LogP contribution is -2.45. The lowest BCUT2D eigenvalue weighted by atomic mass is 10.0. The van der Waals surface area contributed by atoms with Crippen LogP contribution in [0.3, 0.4) is 0 Å². The molecule has 2 N–H and O–H groups in total. The molecular weight excluding hydrogens is 935 g/mol. The van der Waals surface area contributed by atoms with Crippen molar-refractivity contribution < 1.29 is 47.6 Å². The van der Waals surface area contributed by atoms with Gasteiger partial charge in [0.2, 0.25) is 0 Å². The molecule has 4 aliphatic rings. The Morgan fingerprint density at radius 2 is 1.04 bits per heavy atom. The summed E-state index contributed by atoms with van der Waals surface area (Å²) in [4.78, 5) is 64.2. The molecule has 0 radical (unpaired) electrons. The molecule has 0 spiro atoms. The number of carbonyl (C=O) groups is 4. The Balaban J connectivity index is 1.02. The van der Waals surface area contributed by atoms with E-state index in [4.69, 9.17) is 34.2 Å². The summed E-state index contributed by atoms with van der Waals surface area (Å²) < 4.78 is 36.6. The lowest BCUT2D eigenvalue weighted by molar-refractivity contribution is -0.123. The maximum absolute atomic E-state index is 14.6. The van der Waals surface area contributed by atoms with Crippen LogP contribution in [0.15, 0.2) is 85.2 Å². The number of anilines is 3. The zero-order valence-electron chi connectivity index (χ0n) is 42.5. The van der Waals surface area contributed by atoms with Crippen LogP contribution in [0.4, 0.5) is 17.1 Å². The van der Waals surface area contributed by atoms with Crippen molar-refractivity contribution in [3.8, 4) is 23.0 Å². The molecule has 0 aromatic heterocycles. The van der Waals surface area contributed by atoms with Crippen molar-refractivity contribution >= 4 is 68.0 Å². The molecule has 4 aliphatic heterocycles. The highest BCUT2D eigenvalue weighted by molar-refractivity contribution is 6.76. The van der Waals surface area contributed by atoms with Crippen molar-refractivity contribution in [2.45, 2.75) is 89.6 Å².